The van der Waals surface area contributed by atoms with Crippen molar-refractivity contribution in [2.24, 2.45) is 0 Å². The molecule has 124 valence electrons. The molecule has 0 unspecified atom stereocenters. The zero-order valence-corrected chi connectivity index (χ0v) is 15.0. The first-order valence-corrected chi connectivity index (χ1v) is 8.36. The summed E-state index contributed by atoms with van der Waals surface area (Å²) in [5.41, 5.74) is 0.985. The van der Waals surface area contributed by atoms with Crippen LogP contribution >= 0.6 is 23.2 Å². The van der Waals surface area contributed by atoms with Crippen molar-refractivity contribution in [1.29, 1.82) is 0 Å². The minimum atomic E-state index is 0.0840. The summed E-state index contributed by atoms with van der Waals surface area (Å²) < 4.78 is 0. The average molecular weight is 346 g/mol. The largest absolute Gasteiger partial charge is 0.336 e. The van der Waals surface area contributed by atoms with E-state index >= 15 is 0 Å². The van der Waals surface area contributed by atoms with Gasteiger partial charge in [-0.1, -0.05) is 43.1 Å². The van der Waals surface area contributed by atoms with Gasteiger partial charge in [0.15, 0.2) is 0 Å². The van der Waals surface area contributed by atoms with Crippen molar-refractivity contribution in [2.75, 3.05) is 39.8 Å². The van der Waals surface area contributed by atoms with Gasteiger partial charge in [0.2, 0.25) is 5.91 Å². The Morgan fingerprint density at radius 1 is 1.14 bits per heavy atom. The van der Waals surface area contributed by atoms with Gasteiger partial charge in [-0.05, 0) is 37.8 Å². The minimum Gasteiger partial charge on any atom is -0.336 e. The van der Waals surface area contributed by atoms with Crippen LogP contribution in [0.25, 0.3) is 0 Å². The monoisotopic (exact) mass is 345 g/mol. The molecule has 6 heteroatoms. The molecule has 0 bridgehead atoms. The normalized spacial score (nSPS) is 11.0. The molecular weight excluding hydrogens is 321 g/mol. The Morgan fingerprint density at radius 2 is 1.82 bits per heavy atom. The molecule has 0 heterocycles. The van der Waals surface area contributed by atoms with E-state index in [1.54, 1.807) is 13.1 Å². The Morgan fingerprint density at radius 3 is 2.36 bits per heavy atom. The number of hydrogen-bond acceptors (Lipinski definition) is 3. The molecular formula is C16H25Cl2N3O. The Balaban J connectivity index is 2.76. The Labute approximate surface area is 143 Å². The van der Waals surface area contributed by atoms with Crippen LogP contribution in [0.15, 0.2) is 18.2 Å². The fraction of sp³-hybridized carbons (Fsp3) is 0.562. The van der Waals surface area contributed by atoms with Crippen LogP contribution in [-0.2, 0) is 11.3 Å². The summed E-state index contributed by atoms with van der Waals surface area (Å²) in [6.07, 6.45) is 0. The van der Waals surface area contributed by atoms with Gasteiger partial charge in [0.1, 0.15) is 0 Å². The van der Waals surface area contributed by atoms with E-state index in [-0.39, 0.29) is 5.91 Å². The zero-order chi connectivity index (χ0) is 16.5. The maximum absolute atomic E-state index is 12.3. The molecule has 0 saturated carbocycles. The predicted molar refractivity (Wildman–Crippen MR) is 93.6 cm³/mol. The number of nitrogens with one attached hydrogen (secondary N) is 1. The molecule has 0 fully saturated rings. The summed E-state index contributed by atoms with van der Waals surface area (Å²) in [6.45, 7) is 8.66. The second-order valence-corrected chi connectivity index (χ2v) is 5.94. The lowest BCUT2D eigenvalue weighted by Crippen LogP contribution is -2.41. The maximum atomic E-state index is 12.3. The van der Waals surface area contributed by atoms with Crippen molar-refractivity contribution >= 4 is 29.1 Å². The molecule has 0 atom stereocenters. The third-order valence-electron chi connectivity index (χ3n) is 3.62. The lowest BCUT2D eigenvalue weighted by Gasteiger charge is -2.26. The van der Waals surface area contributed by atoms with E-state index in [2.05, 4.69) is 24.1 Å². The third kappa shape index (κ3) is 6.13. The van der Waals surface area contributed by atoms with Gasteiger partial charge in [-0.25, -0.2) is 0 Å². The van der Waals surface area contributed by atoms with Gasteiger partial charge in [-0.3, -0.25) is 4.79 Å². The Kier molecular flexibility index (Phi) is 8.79. The van der Waals surface area contributed by atoms with Crippen LogP contribution in [0.4, 0.5) is 0 Å². The molecule has 4 nitrogen and oxygen atoms in total. The molecule has 0 aromatic heterocycles. The van der Waals surface area contributed by atoms with E-state index in [0.29, 0.717) is 29.7 Å². The smallest absolute Gasteiger partial charge is 0.236 e. The number of nitrogens with zero attached hydrogens (tertiary/aromatic N) is 2. The number of amides is 1. The van der Waals surface area contributed by atoms with E-state index in [0.717, 1.165) is 25.2 Å². The van der Waals surface area contributed by atoms with Crippen LogP contribution in [0.3, 0.4) is 0 Å². The first kappa shape index (κ1) is 19.2. The summed E-state index contributed by atoms with van der Waals surface area (Å²) in [4.78, 5) is 16.4. The molecule has 22 heavy (non-hydrogen) atoms. The van der Waals surface area contributed by atoms with Gasteiger partial charge in [-0.2, -0.15) is 0 Å². The molecule has 1 rings (SSSR count). The highest BCUT2D eigenvalue weighted by molar-refractivity contribution is 6.42. The lowest BCUT2D eigenvalue weighted by atomic mass is 10.2. The van der Waals surface area contributed by atoms with E-state index < -0.39 is 0 Å². The van der Waals surface area contributed by atoms with E-state index in [1.807, 2.05) is 17.0 Å². The summed E-state index contributed by atoms with van der Waals surface area (Å²) in [5, 5.41) is 3.96. The fourth-order valence-electron chi connectivity index (χ4n) is 2.22. The molecule has 0 aliphatic carbocycles. The average Bonchev–Trinajstić information content (AvgIpc) is 2.50. The summed E-state index contributed by atoms with van der Waals surface area (Å²) in [5.74, 6) is 0.0840. The zero-order valence-electron chi connectivity index (χ0n) is 13.5. The summed E-state index contributed by atoms with van der Waals surface area (Å²) in [6, 6.07) is 5.50. The Hall–Kier alpha value is -0.810. The molecule has 0 aliphatic heterocycles. The van der Waals surface area contributed by atoms with Crippen molar-refractivity contribution in [1.82, 2.24) is 15.1 Å². The van der Waals surface area contributed by atoms with Gasteiger partial charge in [0.05, 0.1) is 16.6 Å². The second-order valence-electron chi connectivity index (χ2n) is 5.12. The molecule has 0 aliphatic rings. The highest BCUT2D eigenvalue weighted by Gasteiger charge is 2.14. The highest BCUT2D eigenvalue weighted by atomic mass is 35.5. The molecule has 0 saturated heterocycles. The molecule has 1 aromatic carbocycles. The van der Waals surface area contributed by atoms with Crippen LogP contribution in [0, 0.1) is 0 Å². The predicted octanol–water partition coefficient (Wildman–Crippen LogP) is 2.88. The first-order chi connectivity index (χ1) is 10.5. The van der Waals surface area contributed by atoms with Crippen molar-refractivity contribution in [3.05, 3.63) is 33.8 Å². The number of benzene rings is 1. The molecule has 0 radical (unpaired) electrons. The fourth-order valence-corrected chi connectivity index (χ4v) is 2.54. The van der Waals surface area contributed by atoms with E-state index in [9.17, 15) is 4.79 Å². The number of carbonyl (C=O) groups excluding carboxylic acids is 1. The van der Waals surface area contributed by atoms with E-state index in [4.69, 9.17) is 23.2 Å². The maximum Gasteiger partial charge on any atom is 0.236 e. The van der Waals surface area contributed by atoms with Crippen molar-refractivity contribution in [3.8, 4) is 0 Å². The number of halogens is 2. The van der Waals surface area contributed by atoms with Gasteiger partial charge in [-0.15, -0.1) is 0 Å². The highest BCUT2D eigenvalue weighted by Crippen LogP contribution is 2.23. The van der Waals surface area contributed by atoms with E-state index in [1.165, 1.54) is 0 Å². The van der Waals surface area contributed by atoms with Crippen LogP contribution in [-0.4, -0.2) is 55.5 Å². The Bertz CT molecular complexity index is 478. The number of likely N-dealkylation sites (N-methyl/N-ethyl adjacent to an activating group) is 2. The SMILES string of the molecule is CCN(CC)CCN(Cc1ccc(Cl)c(Cl)c1)C(=O)CNC. The van der Waals surface area contributed by atoms with Gasteiger partial charge < -0.3 is 15.1 Å². The number of carbonyl (C=O) groups is 1. The van der Waals surface area contributed by atoms with Gasteiger partial charge >= 0.3 is 0 Å². The van der Waals surface area contributed by atoms with Gasteiger partial charge in [0.25, 0.3) is 0 Å². The van der Waals surface area contributed by atoms with Gasteiger partial charge in [0, 0.05) is 19.6 Å². The molecule has 0 spiro atoms. The van der Waals surface area contributed by atoms with Crippen LogP contribution in [0.2, 0.25) is 10.0 Å². The number of hydrogen-bond donors (Lipinski definition) is 1. The van der Waals surface area contributed by atoms with Crippen molar-refractivity contribution in [2.45, 2.75) is 20.4 Å². The minimum absolute atomic E-state index is 0.0840. The van der Waals surface area contributed by atoms with Crippen molar-refractivity contribution in [3.63, 3.8) is 0 Å². The molecule has 1 N–H and O–H groups in total. The van der Waals surface area contributed by atoms with Crippen LogP contribution in [0.1, 0.15) is 19.4 Å². The first-order valence-electron chi connectivity index (χ1n) is 7.60. The standard InChI is InChI=1S/C16H25Cl2N3O/c1-4-20(5-2)8-9-21(16(22)11-19-3)12-13-6-7-14(17)15(18)10-13/h6-7,10,19H,4-5,8-9,11-12H2,1-3H3. The third-order valence-corrected chi connectivity index (χ3v) is 4.36. The van der Waals surface area contributed by atoms with Crippen LogP contribution in [0.5, 0.6) is 0 Å². The number of rotatable bonds is 9. The summed E-state index contributed by atoms with van der Waals surface area (Å²) in [7, 11) is 1.78. The lowest BCUT2D eigenvalue weighted by molar-refractivity contribution is -0.131. The van der Waals surface area contributed by atoms with Crippen LogP contribution < -0.4 is 5.32 Å². The quantitative estimate of drug-likeness (QED) is 0.747. The molecule has 1 aromatic rings. The van der Waals surface area contributed by atoms with Crippen molar-refractivity contribution < 1.29 is 4.79 Å². The second kappa shape index (κ2) is 10.1. The molecule has 1 amide bonds. The topological polar surface area (TPSA) is 35.6 Å². The summed E-state index contributed by atoms with van der Waals surface area (Å²) >= 11 is 12.0.